The molecule has 96 valence electrons. The zero-order chi connectivity index (χ0) is 13.2. The quantitative estimate of drug-likeness (QED) is 0.795. The monoisotopic (exact) mass is 272 g/mol. The molecule has 5 nitrogen and oxygen atoms in total. The second-order valence-electron chi connectivity index (χ2n) is 4.20. The van der Waals surface area contributed by atoms with Crippen molar-refractivity contribution in [2.45, 2.75) is 13.0 Å². The highest BCUT2D eigenvalue weighted by Crippen LogP contribution is 2.16. The summed E-state index contributed by atoms with van der Waals surface area (Å²) in [5.74, 6) is -0.191. The molecule has 0 aliphatic heterocycles. The van der Waals surface area contributed by atoms with Gasteiger partial charge in [0.15, 0.2) is 11.3 Å². The number of nitrogens with zero attached hydrogens (tertiary/aromatic N) is 3. The van der Waals surface area contributed by atoms with Crippen molar-refractivity contribution in [3.8, 4) is 0 Å². The number of amides is 1. The summed E-state index contributed by atoms with van der Waals surface area (Å²) in [7, 11) is 0. The number of carbonyl (C=O) groups is 1. The van der Waals surface area contributed by atoms with Gasteiger partial charge in [0.2, 0.25) is 0 Å². The molecular weight excluding hydrogens is 260 g/mol. The number of thiophene rings is 1. The van der Waals surface area contributed by atoms with Gasteiger partial charge in [0.1, 0.15) is 0 Å². The lowest BCUT2D eigenvalue weighted by molar-refractivity contribution is 0.0934. The highest BCUT2D eigenvalue weighted by atomic mass is 32.1. The highest BCUT2D eigenvalue weighted by molar-refractivity contribution is 7.07. The Hall–Kier alpha value is -2.21. The Morgan fingerprint density at radius 1 is 1.53 bits per heavy atom. The fourth-order valence-corrected chi connectivity index (χ4v) is 2.57. The van der Waals surface area contributed by atoms with Crippen molar-refractivity contribution in [1.82, 2.24) is 19.9 Å². The lowest BCUT2D eigenvalue weighted by Crippen LogP contribution is -2.26. The van der Waals surface area contributed by atoms with E-state index in [9.17, 15) is 4.79 Å². The molecule has 1 unspecified atom stereocenters. The van der Waals surface area contributed by atoms with Crippen molar-refractivity contribution in [2.75, 3.05) is 0 Å². The molecule has 0 saturated heterocycles. The molecule has 6 heteroatoms. The van der Waals surface area contributed by atoms with Crippen molar-refractivity contribution in [3.63, 3.8) is 0 Å². The van der Waals surface area contributed by atoms with E-state index >= 15 is 0 Å². The minimum absolute atomic E-state index is 0.0310. The topological polar surface area (TPSA) is 59.3 Å². The predicted octanol–water partition coefficient (Wildman–Crippen LogP) is 2.28. The van der Waals surface area contributed by atoms with E-state index in [0.29, 0.717) is 11.3 Å². The van der Waals surface area contributed by atoms with Crippen LogP contribution in [0.4, 0.5) is 0 Å². The maximum absolute atomic E-state index is 12.1. The van der Waals surface area contributed by atoms with Crippen LogP contribution in [0.15, 0.2) is 41.4 Å². The zero-order valence-electron chi connectivity index (χ0n) is 10.3. The molecule has 3 heterocycles. The molecule has 0 aliphatic carbocycles. The Morgan fingerprint density at radius 3 is 3.16 bits per heavy atom. The normalized spacial score (nSPS) is 12.5. The number of hydrogen-bond acceptors (Lipinski definition) is 4. The minimum atomic E-state index is -0.191. The van der Waals surface area contributed by atoms with Gasteiger partial charge >= 0.3 is 0 Å². The average Bonchev–Trinajstić information content (AvgIpc) is 3.07. The molecule has 0 aromatic carbocycles. The zero-order valence-corrected chi connectivity index (χ0v) is 11.1. The second-order valence-corrected chi connectivity index (χ2v) is 4.98. The highest BCUT2D eigenvalue weighted by Gasteiger charge is 2.15. The standard InChI is InChI=1S/C13H12N4OS/c1-9(10-3-6-19-8-10)15-13(18)11-7-12-14-4-2-5-17(12)16-11/h2-9H,1H3,(H,15,18). The number of fused-ring (bicyclic) bond motifs is 1. The Bertz CT molecular complexity index is 671. The van der Waals surface area contributed by atoms with Gasteiger partial charge in [-0.25, -0.2) is 9.50 Å². The first-order chi connectivity index (χ1) is 9.24. The molecule has 0 saturated carbocycles. The third-order valence-corrected chi connectivity index (χ3v) is 3.56. The number of hydrogen-bond donors (Lipinski definition) is 1. The summed E-state index contributed by atoms with van der Waals surface area (Å²) in [6.45, 7) is 1.95. The summed E-state index contributed by atoms with van der Waals surface area (Å²) in [5, 5.41) is 11.1. The molecule has 1 amide bonds. The van der Waals surface area contributed by atoms with Crippen LogP contribution in [0, 0.1) is 0 Å². The van der Waals surface area contributed by atoms with Crippen molar-refractivity contribution >= 4 is 22.9 Å². The number of rotatable bonds is 3. The Balaban J connectivity index is 1.80. The van der Waals surface area contributed by atoms with Crippen LogP contribution in [0.3, 0.4) is 0 Å². The van der Waals surface area contributed by atoms with Gasteiger partial charge in [0.25, 0.3) is 5.91 Å². The van der Waals surface area contributed by atoms with Gasteiger partial charge in [-0.3, -0.25) is 4.79 Å². The SMILES string of the molecule is CC(NC(=O)c1cc2ncccn2n1)c1ccsc1. The summed E-state index contributed by atoms with van der Waals surface area (Å²) >= 11 is 1.61. The van der Waals surface area contributed by atoms with E-state index in [0.717, 1.165) is 5.56 Å². The van der Waals surface area contributed by atoms with Crippen LogP contribution < -0.4 is 5.32 Å². The van der Waals surface area contributed by atoms with Gasteiger partial charge in [0.05, 0.1) is 6.04 Å². The Kier molecular flexibility index (Phi) is 3.00. The van der Waals surface area contributed by atoms with Crippen LogP contribution in [-0.2, 0) is 0 Å². The molecule has 0 aliphatic rings. The summed E-state index contributed by atoms with van der Waals surface area (Å²) in [6.07, 6.45) is 3.44. The number of aromatic nitrogens is 3. The number of nitrogens with one attached hydrogen (secondary N) is 1. The molecule has 1 N–H and O–H groups in total. The van der Waals surface area contributed by atoms with Crippen molar-refractivity contribution in [3.05, 3.63) is 52.6 Å². The van der Waals surface area contributed by atoms with Crippen LogP contribution in [0.25, 0.3) is 5.65 Å². The molecule has 0 radical (unpaired) electrons. The third kappa shape index (κ3) is 2.34. The largest absolute Gasteiger partial charge is 0.344 e. The predicted molar refractivity (Wildman–Crippen MR) is 73.2 cm³/mol. The van der Waals surface area contributed by atoms with Crippen LogP contribution >= 0.6 is 11.3 Å². The van der Waals surface area contributed by atoms with E-state index < -0.39 is 0 Å². The van der Waals surface area contributed by atoms with Gasteiger partial charge in [-0.15, -0.1) is 0 Å². The fourth-order valence-electron chi connectivity index (χ4n) is 1.82. The van der Waals surface area contributed by atoms with E-state index in [1.807, 2.05) is 23.8 Å². The van der Waals surface area contributed by atoms with Crippen LogP contribution in [0.2, 0.25) is 0 Å². The van der Waals surface area contributed by atoms with Gasteiger partial charge in [0, 0.05) is 18.5 Å². The van der Waals surface area contributed by atoms with E-state index in [1.165, 1.54) is 0 Å². The Labute approximate surface area is 113 Å². The molecule has 0 bridgehead atoms. The molecule has 3 rings (SSSR count). The van der Waals surface area contributed by atoms with E-state index in [4.69, 9.17) is 0 Å². The van der Waals surface area contributed by atoms with Gasteiger partial charge in [-0.05, 0) is 35.4 Å². The minimum Gasteiger partial charge on any atom is -0.344 e. The van der Waals surface area contributed by atoms with Crippen molar-refractivity contribution in [1.29, 1.82) is 0 Å². The van der Waals surface area contributed by atoms with Gasteiger partial charge < -0.3 is 5.32 Å². The third-order valence-electron chi connectivity index (χ3n) is 2.86. The molecule has 3 aromatic heterocycles. The molecule has 0 spiro atoms. The Morgan fingerprint density at radius 2 is 2.42 bits per heavy atom. The summed E-state index contributed by atoms with van der Waals surface area (Å²) in [4.78, 5) is 16.2. The van der Waals surface area contributed by atoms with Crippen molar-refractivity contribution < 1.29 is 4.79 Å². The van der Waals surface area contributed by atoms with E-state index in [1.54, 1.807) is 40.4 Å². The first-order valence-electron chi connectivity index (χ1n) is 5.87. The van der Waals surface area contributed by atoms with Crippen LogP contribution in [0.5, 0.6) is 0 Å². The lowest BCUT2D eigenvalue weighted by Gasteiger charge is -2.10. The lowest BCUT2D eigenvalue weighted by atomic mass is 10.2. The maximum atomic E-state index is 12.1. The van der Waals surface area contributed by atoms with Gasteiger partial charge in [-0.1, -0.05) is 0 Å². The van der Waals surface area contributed by atoms with E-state index in [2.05, 4.69) is 15.4 Å². The van der Waals surface area contributed by atoms with Crippen LogP contribution in [-0.4, -0.2) is 20.5 Å². The smallest absolute Gasteiger partial charge is 0.272 e. The molecular formula is C13H12N4OS. The van der Waals surface area contributed by atoms with E-state index in [-0.39, 0.29) is 11.9 Å². The molecule has 19 heavy (non-hydrogen) atoms. The van der Waals surface area contributed by atoms with Gasteiger partial charge in [-0.2, -0.15) is 16.4 Å². The summed E-state index contributed by atoms with van der Waals surface area (Å²) < 4.78 is 1.59. The second kappa shape index (κ2) is 4.81. The molecule has 3 aromatic rings. The fraction of sp³-hybridized carbons (Fsp3) is 0.154. The first kappa shape index (κ1) is 11.9. The number of carbonyl (C=O) groups excluding carboxylic acids is 1. The summed E-state index contributed by atoms with van der Waals surface area (Å²) in [5.41, 5.74) is 2.14. The molecule has 1 atom stereocenters. The van der Waals surface area contributed by atoms with Crippen LogP contribution in [0.1, 0.15) is 29.0 Å². The average molecular weight is 272 g/mol. The summed E-state index contributed by atoms with van der Waals surface area (Å²) in [6, 6.07) is 5.42. The molecule has 0 fully saturated rings. The maximum Gasteiger partial charge on any atom is 0.272 e. The van der Waals surface area contributed by atoms with Crippen molar-refractivity contribution in [2.24, 2.45) is 0 Å². The first-order valence-corrected chi connectivity index (χ1v) is 6.81.